The van der Waals surface area contributed by atoms with Gasteiger partial charge in [0.2, 0.25) is 0 Å². The lowest BCUT2D eigenvalue weighted by Gasteiger charge is -2.30. The molecule has 2 bridgehead atoms. The fourth-order valence-corrected chi connectivity index (χ4v) is 3.17. The van der Waals surface area contributed by atoms with Crippen LogP contribution in [0.4, 0.5) is 0 Å². The lowest BCUT2D eigenvalue weighted by molar-refractivity contribution is -0.0780. The first-order valence-electron chi connectivity index (χ1n) is 5.21. The molecule has 0 aliphatic carbocycles. The maximum Gasteiger partial charge on any atom is 0.101 e. The van der Waals surface area contributed by atoms with Crippen molar-refractivity contribution in [1.29, 1.82) is 0 Å². The largest absolute Gasteiger partial charge is 0.361 e. The topological polar surface area (TPSA) is 18.5 Å². The van der Waals surface area contributed by atoms with Crippen LogP contribution < -0.4 is 0 Å². The van der Waals surface area contributed by atoms with Crippen molar-refractivity contribution in [3.8, 4) is 0 Å². The van der Waals surface area contributed by atoms with Crippen LogP contribution >= 0.6 is 0 Å². The predicted molar refractivity (Wildman–Crippen MR) is 54.1 cm³/mol. The molecule has 0 N–H and O–H groups in total. The maximum absolute atomic E-state index is 6.09. The van der Waals surface area contributed by atoms with Crippen molar-refractivity contribution in [3.05, 3.63) is 23.3 Å². The molecule has 3 rings (SSSR count). The highest BCUT2D eigenvalue weighted by Gasteiger charge is 2.55. The minimum absolute atomic E-state index is 0.164. The Morgan fingerprint density at radius 2 is 1.36 bits per heavy atom. The van der Waals surface area contributed by atoms with Gasteiger partial charge in [-0.2, -0.15) is 0 Å². The third-order valence-electron chi connectivity index (χ3n) is 3.42. The highest BCUT2D eigenvalue weighted by atomic mass is 16.6. The molecule has 0 saturated carbocycles. The molecule has 2 nitrogen and oxygen atoms in total. The predicted octanol–water partition coefficient (Wildman–Crippen LogP) is 2.21. The van der Waals surface area contributed by atoms with E-state index >= 15 is 0 Å². The zero-order valence-corrected chi connectivity index (χ0v) is 9.13. The summed E-state index contributed by atoms with van der Waals surface area (Å²) in [7, 11) is 0. The number of hydrogen-bond acceptors (Lipinski definition) is 2. The molecule has 3 aliphatic heterocycles. The highest BCUT2D eigenvalue weighted by molar-refractivity contribution is 5.50. The first kappa shape index (κ1) is 8.69. The van der Waals surface area contributed by atoms with E-state index in [1.807, 2.05) is 0 Å². The van der Waals surface area contributed by atoms with Crippen LogP contribution in [0.15, 0.2) is 23.3 Å². The van der Waals surface area contributed by atoms with Gasteiger partial charge in [-0.15, -0.1) is 0 Å². The van der Waals surface area contributed by atoms with Gasteiger partial charge in [0.05, 0.1) is 11.2 Å². The minimum atomic E-state index is -0.164. The molecule has 3 aliphatic rings. The van der Waals surface area contributed by atoms with Gasteiger partial charge in [-0.1, -0.05) is 12.2 Å². The van der Waals surface area contributed by atoms with Gasteiger partial charge in [0.15, 0.2) is 0 Å². The molecule has 2 atom stereocenters. The van der Waals surface area contributed by atoms with Crippen molar-refractivity contribution in [1.82, 2.24) is 0 Å². The molecular formula is C12H16O2. The van der Waals surface area contributed by atoms with Gasteiger partial charge < -0.3 is 9.47 Å². The lowest BCUT2D eigenvalue weighted by Crippen LogP contribution is -2.35. The van der Waals surface area contributed by atoms with Crippen LogP contribution in [0.1, 0.15) is 27.7 Å². The first-order chi connectivity index (χ1) is 6.42. The molecule has 0 spiro atoms. The van der Waals surface area contributed by atoms with Gasteiger partial charge >= 0.3 is 0 Å². The molecule has 0 amide bonds. The van der Waals surface area contributed by atoms with E-state index in [4.69, 9.17) is 9.47 Å². The number of ether oxygens (including phenoxy) is 2. The van der Waals surface area contributed by atoms with E-state index in [1.165, 1.54) is 11.1 Å². The van der Waals surface area contributed by atoms with Crippen LogP contribution in [0, 0.1) is 0 Å². The molecule has 0 aromatic heterocycles. The summed E-state index contributed by atoms with van der Waals surface area (Å²) in [5, 5.41) is 0. The SMILES string of the molecule is CC1(C)OC(C)(C)C2=C1C1C=CC2O1. The number of rotatable bonds is 0. The number of hydrogen-bond donors (Lipinski definition) is 0. The van der Waals surface area contributed by atoms with Gasteiger partial charge in [-0.3, -0.25) is 0 Å². The van der Waals surface area contributed by atoms with E-state index in [0.29, 0.717) is 0 Å². The van der Waals surface area contributed by atoms with Gasteiger partial charge in [0.1, 0.15) is 12.2 Å². The fourth-order valence-electron chi connectivity index (χ4n) is 3.17. The van der Waals surface area contributed by atoms with Gasteiger partial charge in [0.25, 0.3) is 0 Å². The van der Waals surface area contributed by atoms with Crippen LogP contribution in [0.5, 0.6) is 0 Å². The molecule has 0 saturated heterocycles. The van der Waals surface area contributed by atoms with Crippen molar-refractivity contribution in [2.24, 2.45) is 0 Å². The molecule has 14 heavy (non-hydrogen) atoms. The Hall–Kier alpha value is -0.600. The Morgan fingerprint density at radius 1 is 0.929 bits per heavy atom. The standard InChI is InChI=1S/C12H16O2/c1-11(2)9-7-5-6-8(13-7)10(9)12(3,4)14-11/h5-8H,1-4H3. The maximum atomic E-state index is 6.09. The van der Waals surface area contributed by atoms with E-state index in [1.54, 1.807) is 0 Å². The summed E-state index contributed by atoms with van der Waals surface area (Å²) in [5.74, 6) is 0. The van der Waals surface area contributed by atoms with Crippen molar-refractivity contribution in [3.63, 3.8) is 0 Å². The molecule has 0 aromatic rings. The second-order valence-corrected chi connectivity index (χ2v) is 5.31. The Balaban J connectivity index is 2.16. The van der Waals surface area contributed by atoms with E-state index in [2.05, 4.69) is 39.8 Å². The monoisotopic (exact) mass is 192 g/mol. The quantitative estimate of drug-likeness (QED) is 0.548. The normalized spacial score (nSPS) is 40.9. The minimum Gasteiger partial charge on any atom is -0.361 e. The molecular weight excluding hydrogens is 176 g/mol. The molecule has 3 heterocycles. The Labute approximate surface area is 84.6 Å². The summed E-state index contributed by atoms with van der Waals surface area (Å²) in [4.78, 5) is 0. The Morgan fingerprint density at radius 3 is 1.79 bits per heavy atom. The average molecular weight is 192 g/mol. The summed E-state index contributed by atoms with van der Waals surface area (Å²) >= 11 is 0. The van der Waals surface area contributed by atoms with Gasteiger partial charge in [0, 0.05) is 0 Å². The smallest absolute Gasteiger partial charge is 0.101 e. The summed E-state index contributed by atoms with van der Waals surface area (Å²) < 4.78 is 11.9. The van der Waals surface area contributed by atoms with E-state index in [9.17, 15) is 0 Å². The van der Waals surface area contributed by atoms with Crippen LogP contribution in [0.25, 0.3) is 0 Å². The lowest BCUT2D eigenvalue weighted by atomic mass is 9.84. The highest BCUT2D eigenvalue weighted by Crippen LogP contribution is 2.52. The van der Waals surface area contributed by atoms with Crippen LogP contribution in [0.3, 0.4) is 0 Å². The zero-order chi connectivity index (χ0) is 10.1. The number of fused-ring (bicyclic) bond motifs is 4. The third kappa shape index (κ3) is 0.836. The average Bonchev–Trinajstić information content (AvgIpc) is 2.61. The molecule has 76 valence electrons. The summed E-state index contributed by atoms with van der Waals surface area (Å²) in [6.07, 6.45) is 4.64. The van der Waals surface area contributed by atoms with Crippen LogP contribution in [-0.2, 0) is 9.47 Å². The molecule has 2 heteroatoms. The summed E-state index contributed by atoms with van der Waals surface area (Å²) in [5.41, 5.74) is 2.39. The van der Waals surface area contributed by atoms with E-state index in [0.717, 1.165) is 0 Å². The molecule has 0 fully saturated rings. The third-order valence-corrected chi connectivity index (χ3v) is 3.42. The van der Waals surface area contributed by atoms with Crippen molar-refractivity contribution >= 4 is 0 Å². The van der Waals surface area contributed by atoms with Crippen molar-refractivity contribution in [2.45, 2.75) is 51.1 Å². The molecule has 0 radical (unpaired) electrons. The van der Waals surface area contributed by atoms with Crippen LogP contribution in [-0.4, -0.2) is 23.4 Å². The van der Waals surface area contributed by atoms with Crippen LogP contribution in [0.2, 0.25) is 0 Å². The van der Waals surface area contributed by atoms with Crippen molar-refractivity contribution < 1.29 is 9.47 Å². The molecule has 0 aromatic carbocycles. The first-order valence-corrected chi connectivity index (χ1v) is 5.21. The van der Waals surface area contributed by atoms with E-state index in [-0.39, 0.29) is 23.4 Å². The van der Waals surface area contributed by atoms with E-state index < -0.39 is 0 Å². The van der Waals surface area contributed by atoms with Crippen molar-refractivity contribution in [2.75, 3.05) is 0 Å². The zero-order valence-electron chi connectivity index (χ0n) is 9.13. The van der Waals surface area contributed by atoms with Gasteiger partial charge in [-0.05, 0) is 38.8 Å². The summed E-state index contributed by atoms with van der Waals surface area (Å²) in [6.45, 7) is 8.54. The second-order valence-electron chi connectivity index (χ2n) is 5.31. The molecule has 2 unspecified atom stereocenters. The Bertz CT molecular complexity index is 329. The second kappa shape index (κ2) is 2.15. The van der Waals surface area contributed by atoms with Gasteiger partial charge in [-0.25, -0.2) is 0 Å². The summed E-state index contributed by atoms with van der Waals surface area (Å²) in [6, 6.07) is 0. The Kier molecular flexibility index (Phi) is 1.33. The fraction of sp³-hybridized carbons (Fsp3) is 0.667.